The van der Waals surface area contributed by atoms with Crippen molar-refractivity contribution in [1.82, 2.24) is 9.97 Å². The topological polar surface area (TPSA) is 68.9 Å². The van der Waals surface area contributed by atoms with Gasteiger partial charge in [-0.2, -0.15) is 0 Å². The number of benzene rings is 2. The number of halogens is 2. The van der Waals surface area contributed by atoms with E-state index in [0.29, 0.717) is 11.3 Å². The summed E-state index contributed by atoms with van der Waals surface area (Å²) >= 11 is 0. The van der Waals surface area contributed by atoms with Gasteiger partial charge in [-0.3, -0.25) is 20.1 Å². The minimum absolute atomic E-state index is 0.0628. The van der Waals surface area contributed by atoms with Gasteiger partial charge in [-0.15, -0.1) is 0 Å². The van der Waals surface area contributed by atoms with Crippen LogP contribution in [0.2, 0.25) is 0 Å². The van der Waals surface area contributed by atoms with Gasteiger partial charge in [0.25, 0.3) is 5.69 Å². The van der Waals surface area contributed by atoms with Gasteiger partial charge >= 0.3 is 0 Å². The summed E-state index contributed by atoms with van der Waals surface area (Å²) in [7, 11) is 0. The summed E-state index contributed by atoms with van der Waals surface area (Å²) in [5.74, 6) is -1.44. The molecule has 23 heavy (non-hydrogen) atoms. The molecule has 1 heterocycles. The number of nitro benzene ring substituents is 1. The van der Waals surface area contributed by atoms with E-state index in [1.807, 2.05) is 0 Å². The van der Waals surface area contributed by atoms with Crippen LogP contribution in [-0.4, -0.2) is 14.9 Å². The summed E-state index contributed by atoms with van der Waals surface area (Å²) in [4.78, 5) is 18.5. The molecule has 0 bridgehead atoms. The van der Waals surface area contributed by atoms with Gasteiger partial charge in [0.15, 0.2) is 0 Å². The van der Waals surface area contributed by atoms with Crippen molar-refractivity contribution in [2.45, 2.75) is 0 Å². The fraction of sp³-hybridized carbons (Fsp3) is 0. The second-order valence-electron chi connectivity index (χ2n) is 4.68. The van der Waals surface area contributed by atoms with E-state index in [-0.39, 0.29) is 16.9 Å². The first-order chi connectivity index (χ1) is 11.1. The SMILES string of the molecule is O=[N+]([O-])c1ccc(-c2nccnc2-c2ccc(F)cc2F)cc1. The first-order valence-corrected chi connectivity index (χ1v) is 6.57. The number of aromatic nitrogens is 2. The number of nitrogens with zero attached hydrogens (tertiary/aromatic N) is 3. The Hall–Kier alpha value is -3.22. The monoisotopic (exact) mass is 313 g/mol. The van der Waals surface area contributed by atoms with Gasteiger partial charge in [-0.05, 0) is 24.3 Å². The summed E-state index contributed by atoms with van der Waals surface area (Å²) in [5, 5.41) is 10.7. The molecule has 2 aromatic carbocycles. The molecule has 0 radical (unpaired) electrons. The van der Waals surface area contributed by atoms with Crippen molar-refractivity contribution >= 4 is 5.69 Å². The molecule has 114 valence electrons. The van der Waals surface area contributed by atoms with Crippen molar-refractivity contribution in [2.24, 2.45) is 0 Å². The third-order valence-corrected chi connectivity index (χ3v) is 3.24. The zero-order chi connectivity index (χ0) is 16.4. The minimum Gasteiger partial charge on any atom is -0.258 e. The normalized spacial score (nSPS) is 10.5. The summed E-state index contributed by atoms with van der Waals surface area (Å²) in [6.07, 6.45) is 2.83. The average Bonchev–Trinajstić information content (AvgIpc) is 2.55. The lowest BCUT2D eigenvalue weighted by molar-refractivity contribution is -0.384. The zero-order valence-corrected chi connectivity index (χ0v) is 11.6. The van der Waals surface area contributed by atoms with E-state index in [1.54, 1.807) is 0 Å². The number of hydrogen-bond acceptors (Lipinski definition) is 4. The highest BCUT2D eigenvalue weighted by molar-refractivity contribution is 5.78. The van der Waals surface area contributed by atoms with Crippen molar-refractivity contribution in [3.63, 3.8) is 0 Å². The molecule has 7 heteroatoms. The molecule has 1 aromatic heterocycles. The van der Waals surface area contributed by atoms with Gasteiger partial charge in [0.1, 0.15) is 11.6 Å². The molecule has 0 atom stereocenters. The van der Waals surface area contributed by atoms with Crippen LogP contribution < -0.4 is 0 Å². The van der Waals surface area contributed by atoms with Crippen LogP contribution in [0.15, 0.2) is 54.9 Å². The van der Waals surface area contributed by atoms with Crippen LogP contribution >= 0.6 is 0 Å². The third kappa shape index (κ3) is 2.89. The van der Waals surface area contributed by atoms with Crippen LogP contribution in [0.3, 0.4) is 0 Å². The van der Waals surface area contributed by atoms with E-state index in [9.17, 15) is 18.9 Å². The summed E-state index contributed by atoms with van der Waals surface area (Å²) in [6, 6.07) is 8.85. The maximum absolute atomic E-state index is 14.0. The van der Waals surface area contributed by atoms with Gasteiger partial charge in [-0.25, -0.2) is 8.78 Å². The van der Waals surface area contributed by atoms with Crippen LogP contribution in [0.4, 0.5) is 14.5 Å². The molecule has 0 aliphatic heterocycles. The number of rotatable bonds is 3. The van der Waals surface area contributed by atoms with Crippen molar-refractivity contribution in [3.05, 3.63) is 76.6 Å². The summed E-state index contributed by atoms with van der Waals surface area (Å²) in [5.41, 5.74) is 1.18. The molecule has 0 aliphatic carbocycles. The lowest BCUT2D eigenvalue weighted by atomic mass is 10.0. The molecule has 3 aromatic rings. The Morgan fingerprint density at radius 3 is 2.17 bits per heavy atom. The van der Waals surface area contributed by atoms with Crippen LogP contribution in [0, 0.1) is 21.7 Å². The van der Waals surface area contributed by atoms with Gasteiger partial charge < -0.3 is 0 Å². The maximum Gasteiger partial charge on any atom is 0.269 e. The molecule has 0 saturated carbocycles. The smallest absolute Gasteiger partial charge is 0.258 e. The van der Waals surface area contributed by atoms with Crippen molar-refractivity contribution in [3.8, 4) is 22.5 Å². The molecular formula is C16H9F2N3O2. The highest BCUT2D eigenvalue weighted by Crippen LogP contribution is 2.31. The molecule has 0 amide bonds. The standard InChI is InChI=1S/C16H9F2N3O2/c17-11-3-6-13(14(18)9-11)16-15(19-7-8-20-16)10-1-4-12(5-2-10)21(22)23/h1-9H. The Morgan fingerprint density at radius 2 is 1.57 bits per heavy atom. The summed E-state index contributed by atoms with van der Waals surface area (Å²) < 4.78 is 27.1. The molecule has 0 aliphatic rings. The van der Waals surface area contributed by atoms with Crippen LogP contribution in [0.1, 0.15) is 0 Å². The van der Waals surface area contributed by atoms with Crippen molar-refractivity contribution < 1.29 is 13.7 Å². The van der Waals surface area contributed by atoms with Crippen LogP contribution in [0.5, 0.6) is 0 Å². The number of non-ortho nitro benzene ring substituents is 1. The zero-order valence-electron chi connectivity index (χ0n) is 11.6. The van der Waals surface area contributed by atoms with Gasteiger partial charge in [0.05, 0.1) is 16.3 Å². The molecule has 0 fully saturated rings. The van der Waals surface area contributed by atoms with Crippen LogP contribution in [0.25, 0.3) is 22.5 Å². The van der Waals surface area contributed by atoms with E-state index < -0.39 is 16.6 Å². The highest BCUT2D eigenvalue weighted by atomic mass is 19.1. The second-order valence-corrected chi connectivity index (χ2v) is 4.68. The third-order valence-electron chi connectivity index (χ3n) is 3.24. The average molecular weight is 313 g/mol. The lowest BCUT2D eigenvalue weighted by Crippen LogP contribution is -1.95. The molecule has 5 nitrogen and oxygen atoms in total. The second kappa shape index (κ2) is 5.88. The van der Waals surface area contributed by atoms with Crippen molar-refractivity contribution in [1.29, 1.82) is 0 Å². The Labute approximate surface area is 129 Å². The maximum atomic E-state index is 14.0. The van der Waals surface area contributed by atoms with Crippen LogP contribution in [-0.2, 0) is 0 Å². The lowest BCUT2D eigenvalue weighted by Gasteiger charge is -2.08. The van der Waals surface area contributed by atoms with Gasteiger partial charge in [-0.1, -0.05) is 0 Å². The molecule has 0 spiro atoms. The van der Waals surface area contributed by atoms with E-state index in [4.69, 9.17) is 0 Å². The highest BCUT2D eigenvalue weighted by Gasteiger charge is 2.15. The van der Waals surface area contributed by atoms with Gasteiger partial charge in [0, 0.05) is 41.7 Å². The van der Waals surface area contributed by atoms with E-state index in [1.165, 1.54) is 42.7 Å². The number of hydrogen-bond donors (Lipinski definition) is 0. The van der Waals surface area contributed by atoms with Gasteiger partial charge in [0.2, 0.25) is 0 Å². The summed E-state index contributed by atoms with van der Waals surface area (Å²) in [6.45, 7) is 0. The molecule has 0 unspecified atom stereocenters. The Balaban J connectivity index is 2.12. The molecular weight excluding hydrogens is 304 g/mol. The quantitative estimate of drug-likeness (QED) is 0.541. The van der Waals surface area contributed by atoms with E-state index in [2.05, 4.69) is 9.97 Å². The first kappa shape index (κ1) is 14.7. The Morgan fingerprint density at radius 1 is 0.913 bits per heavy atom. The Bertz CT molecular complexity index is 883. The van der Waals surface area contributed by atoms with E-state index in [0.717, 1.165) is 12.1 Å². The first-order valence-electron chi connectivity index (χ1n) is 6.57. The van der Waals surface area contributed by atoms with Crippen molar-refractivity contribution in [2.75, 3.05) is 0 Å². The fourth-order valence-electron chi connectivity index (χ4n) is 2.17. The molecule has 0 N–H and O–H groups in total. The Kier molecular flexibility index (Phi) is 3.76. The van der Waals surface area contributed by atoms with E-state index >= 15 is 0 Å². The fourth-order valence-corrected chi connectivity index (χ4v) is 2.17. The molecule has 0 saturated heterocycles. The largest absolute Gasteiger partial charge is 0.269 e. The predicted molar refractivity (Wildman–Crippen MR) is 79.5 cm³/mol. The number of nitro groups is 1. The molecule has 3 rings (SSSR count). The minimum atomic E-state index is -0.756. The predicted octanol–water partition coefficient (Wildman–Crippen LogP) is 4.00.